The first-order valence-electron chi connectivity index (χ1n) is 7.52. The van der Waals surface area contributed by atoms with E-state index in [0.717, 1.165) is 31.4 Å². The number of piperidine rings is 1. The lowest BCUT2D eigenvalue weighted by molar-refractivity contribution is 0.270. The first-order chi connectivity index (χ1) is 9.72. The topological polar surface area (TPSA) is 85.2 Å². The monoisotopic (exact) mass is 277 g/mol. The minimum atomic E-state index is 0.469. The molecule has 1 aromatic heterocycles. The summed E-state index contributed by atoms with van der Waals surface area (Å²) in [7, 11) is 0. The van der Waals surface area contributed by atoms with Crippen molar-refractivity contribution in [3.63, 3.8) is 0 Å². The SMILES string of the molecule is CC1CCCN(C(N)=NCc2nnnn2CC2CC2)C1. The zero-order valence-corrected chi connectivity index (χ0v) is 12.1. The molecule has 2 N–H and O–H groups in total. The van der Waals surface area contributed by atoms with Crippen molar-refractivity contribution in [1.29, 1.82) is 0 Å². The minimum absolute atomic E-state index is 0.469. The number of hydrogen-bond donors (Lipinski definition) is 1. The molecule has 110 valence electrons. The van der Waals surface area contributed by atoms with E-state index in [0.29, 0.717) is 18.4 Å². The molecule has 1 atom stereocenters. The fourth-order valence-corrected chi connectivity index (χ4v) is 2.67. The number of tetrazole rings is 1. The summed E-state index contributed by atoms with van der Waals surface area (Å²) in [6.45, 7) is 5.65. The molecule has 3 rings (SSSR count). The zero-order valence-electron chi connectivity index (χ0n) is 12.1. The fraction of sp³-hybridized carbons (Fsp3) is 0.846. The average Bonchev–Trinajstić information content (AvgIpc) is 3.14. The van der Waals surface area contributed by atoms with E-state index in [-0.39, 0.29) is 0 Å². The lowest BCUT2D eigenvalue weighted by Crippen LogP contribution is -2.43. The van der Waals surface area contributed by atoms with E-state index in [1.54, 1.807) is 0 Å². The Morgan fingerprint density at radius 3 is 3.00 bits per heavy atom. The summed E-state index contributed by atoms with van der Waals surface area (Å²) in [5, 5.41) is 11.8. The summed E-state index contributed by atoms with van der Waals surface area (Å²) in [6, 6.07) is 0. The van der Waals surface area contributed by atoms with Crippen LogP contribution in [0.3, 0.4) is 0 Å². The van der Waals surface area contributed by atoms with Crippen molar-refractivity contribution < 1.29 is 0 Å². The Morgan fingerprint density at radius 2 is 2.25 bits per heavy atom. The lowest BCUT2D eigenvalue weighted by Gasteiger charge is -2.31. The normalized spacial score (nSPS) is 24.1. The van der Waals surface area contributed by atoms with E-state index >= 15 is 0 Å². The maximum atomic E-state index is 6.09. The third-order valence-corrected chi connectivity index (χ3v) is 4.10. The standard InChI is InChI=1S/C13H23N7/c1-10-3-2-6-19(8-10)13(14)15-7-12-16-17-18-20(12)9-11-4-5-11/h10-11H,2-9H2,1H3,(H2,14,15). The highest BCUT2D eigenvalue weighted by atomic mass is 15.5. The number of aliphatic imine (C=N–C) groups is 1. The summed E-state index contributed by atoms with van der Waals surface area (Å²) in [5.74, 6) is 2.88. The molecule has 0 aromatic carbocycles. The van der Waals surface area contributed by atoms with Crippen LogP contribution < -0.4 is 5.73 Å². The van der Waals surface area contributed by atoms with Crippen LogP contribution in [0, 0.1) is 11.8 Å². The fourth-order valence-electron chi connectivity index (χ4n) is 2.67. The molecule has 0 spiro atoms. The first kappa shape index (κ1) is 13.3. The number of rotatable bonds is 4. The molecule has 0 bridgehead atoms. The van der Waals surface area contributed by atoms with Gasteiger partial charge in [0.15, 0.2) is 11.8 Å². The van der Waals surface area contributed by atoms with Gasteiger partial charge < -0.3 is 10.6 Å². The number of nitrogens with two attached hydrogens (primary N) is 1. The zero-order chi connectivity index (χ0) is 13.9. The number of nitrogens with zero attached hydrogens (tertiary/aromatic N) is 6. The van der Waals surface area contributed by atoms with Gasteiger partial charge >= 0.3 is 0 Å². The van der Waals surface area contributed by atoms with Gasteiger partial charge in [-0.05, 0) is 47.9 Å². The third kappa shape index (κ3) is 3.26. The van der Waals surface area contributed by atoms with Gasteiger partial charge in [0.1, 0.15) is 6.54 Å². The van der Waals surface area contributed by atoms with Gasteiger partial charge in [-0.15, -0.1) is 5.10 Å². The van der Waals surface area contributed by atoms with Crippen molar-refractivity contribution in [2.45, 2.75) is 45.7 Å². The van der Waals surface area contributed by atoms with Crippen molar-refractivity contribution in [1.82, 2.24) is 25.1 Å². The Labute approximate surface area is 119 Å². The molecule has 20 heavy (non-hydrogen) atoms. The molecule has 1 aliphatic carbocycles. The van der Waals surface area contributed by atoms with Crippen LogP contribution in [-0.2, 0) is 13.1 Å². The Kier molecular flexibility index (Phi) is 3.84. The minimum Gasteiger partial charge on any atom is -0.370 e. The lowest BCUT2D eigenvalue weighted by atomic mass is 10.0. The molecule has 7 nitrogen and oxygen atoms in total. The van der Waals surface area contributed by atoms with Crippen LogP contribution in [-0.4, -0.2) is 44.2 Å². The molecule has 1 aliphatic heterocycles. The van der Waals surface area contributed by atoms with E-state index in [4.69, 9.17) is 5.73 Å². The van der Waals surface area contributed by atoms with E-state index in [9.17, 15) is 0 Å². The molecule has 2 heterocycles. The van der Waals surface area contributed by atoms with E-state index in [1.165, 1.54) is 25.7 Å². The van der Waals surface area contributed by atoms with E-state index in [1.807, 2.05) is 4.68 Å². The Balaban J connectivity index is 1.59. The smallest absolute Gasteiger partial charge is 0.191 e. The van der Waals surface area contributed by atoms with Gasteiger partial charge in [0.05, 0.1) is 0 Å². The van der Waals surface area contributed by atoms with Crippen LogP contribution >= 0.6 is 0 Å². The van der Waals surface area contributed by atoms with Crippen molar-refractivity contribution in [3.8, 4) is 0 Å². The summed E-state index contributed by atoms with van der Waals surface area (Å²) in [6.07, 6.45) is 5.05. The number of aromatic nitrogens is 4. The van der Waals surface area contributed by atoms with Crippen molar-refractivity contribution >= 4 is 5.96 Å². The predicted octanol–water partition coefficient (Wildman–Crippen LogP) is 0.630. The molecular formula is C13H23N7. The Bertz CT molecular complexity index is 477. The molecule has 1 saturated heterocycles. The summed E-state index contributed by atoms with van der Waals surface area (Å²) in [5.41, 5.74) is 6.09. The van der Waals surface area contributed by atoms with Crippen LogP contribution in [0.25, 0.3) is 0 Å². The molecular weight excluding hydrogens is 254 g/mol. The summed E-state index contributed by atoms with van der Waals surface area (Å²) in [4.78, 5) is 6.64. The number of guanidine groups is 1. The van der Waals surface area contributed by atoms with Crippen LogP contribution in [0.1, 0.15) is 38.4 Å². The maximum Gasteiger partial charge on any atom is 0.191 e. The number of likely N-dealkylation sites (tertiary alicyclic amines) is 1. The molecule has 7 heteroatoms. The van der Waals surface area contributed by atoms with E-state index < -0.39 is 0 Å². The van der Waals surface area contributed by atoms with Crippen molar-refractivity contribution in [2.24, 2.45) is 22.6 Å². The van der Waals surface area contributed by atoms with Crippen LogP contribution in [0.15, 0.2) is 4.99 Å². The van der Waals surface area contributed by atoms with Crippen LogP contribution in [0.4, 0.5) is 0 Å². The largest absolute Gasteiger partial charge is 0.370 e. The second-order valence-electron chi connectivity index (χ2n) is 6.09. The predicted molar refractivity (Wildman–Crippen MR) is 75.8 cm³/mol. The molecule has 2 fully saturated rings. The Morgan fingerprint density at radius 1 is 1.40 bits per heavy atom. The Hall–Kier alpha value is -1.66. The third-order valence-electron chi connectivity index (χ3n) is 4.10. The van der Waals surface area contributed by atoms with Gasteiger partial charge in [-0.3, -0.25) is 0 Å². The first-order valence-corrected chi connectivity index (χ1v) is 7.52. The summed E-state index contributed by atoms with van der Waals surface area (Å²) < 4.78 is 1.87. The highest BCUT2D eigenvalue weighted by molar-refractivity contribution is 5.78. The second-order valence-corrected chi connectivity index (χ2v) is 6.09. The average molecular weight is 277 g/mol. The second kappa shape index (κ2) is 5.76. The number of hydrogen-bond acceptors (Lipinski definition) is 4. The molecule has 1 saturated carbocycles. The van der Waals surface area contributed by atoms with Gasteiger partial charge in [0.25, 0.3) is 0 Å². The van der Waals surface area contributed by atoms with Gasteiger partial charge in [-0.2, -0.15) is 0 Å². The van der Waals surface area contributed by atoms with Gasteiger partial charge in [-0.1, -0.05) is 6.92 Å². The van der Waals surface area contributed by atoms with Gasteiger partial charge in [-0.25, -0.2) is 9.67 Å². The summed E-state index contributed by atoms with van der Waals surface area (Å²) >= 11 is 0. The molecule has 0 amide bonds. The molecule has 2 aliphatic rings. The molecule has 0 radical (unpaired) electrons. The molecule has 1 unspecified atom stereocenters. The highest BCUT2D eigenvalue weighted by Gasteiger charge is 2.23. The molecule has 1 aromatic rings. The highest BCUT2D eigenvalue weighted by Crippen LogP contribution is 2.30. The van der Waals surface area contributed by atoms with Crippen molar-refractivity contribution in [3.05, 3.63) is 5.82 Å². The van der Waals surface area contributed by atoms with Gasteiger partial charge in [0.2, 0.25) is 0 Å². The van der Waals surface area contributed by atoms with Crippen LogP contribution in [0.2, 0.25) is 0 Å². The van der Waals surface area contributed by atoms with Gasteiger partial charge in [0, 0.05) is 19.6 Å². The van der Waals surface area contributed by atoms with E-state index in [2.05, 4.69) is 32.3 Å². The van der Waals surface area contributed by atoms with Crippen molar-refractivity contribution in [2.75, 3.05) is 13.1 Å². The van der Waals surface area contributed by atoms with Crippen LogP contribution in [0.5, 0.6) is 0 Å². The maximum absolute atomic E-state index is 6.09. The quantitative estimate of drug-likeness (QED) is 0.644.